The normalized spacial score (nSPS) is 14.0. The average molecular weight is 386 g/mol. The second-order valence-corrected chi connectivity index (χ2v) is 7.18. The van der Waals surface area contributed by atoms with Crippen molar-refractivity contribution in [3.05, 3.63) is 84.1 Å². The monoisotopic (exact) mass is 386 g/mol. The molecule has 0 atom stereocenters. The minimum Gasteiger partial charge on any atom is -0.368 e. The number of anilines is 3. The van der Waals surface area contributed by atoms with Crippen LogP contribution in [0, 0.1) is 0 Å². The number of para-hydroxylation sites is 2. The summed E-state index contributed by atoms with van der Waals surface area (Å²) >= 11 is 0. The van der Waals surface area contributed by atoms with E-state index in [0.29, 0.717) is 5.56 Å². The Morgan fingerprint density at radius 2 is 1.59 bits per heavy atom. The first-order valence-corrected chi connectivity index (χ1v) is 10.1. The summed E-state index contributed by atoms with van der Waals surface area (Å²) in [6, 6.07) is 22.2. The van der Waals surface area contributed by atoms with Crippen molar-refractivity contribution in [2.24, 2.45) is 0 Å². The highest BCUT2D eigenvalue weighted by Crippen LogP contribution is 2.20. The van der Waals surface area contributed by atoms with Gasteiger partial charge in [0.25, 0.3) is 5.91 Å². The van der Waals surface area contributed by atoms with Crippen molar-refractivity contribution < 1.29 is 4.79 Å². The van der Waals surface area contributed by atoms with E-state index in [2.05, 4.69) is 51.3 Å². The Hall–Kier alpha value is -3.34. The van der Waals surface area contributed by atoms with Gasteiger partial charge in [-0.25, -0.2) is 4.98 Å². The number of hydrogen-bond donors (Lipinski definition) is 1. The lowest BCUT2D eigenvalue weighted by atomic mass is 10.1. The number of rotatable bonds is 5. The molecule has 3 aromatic rings. The van der Waals surface area contributed by atoms with Crippen LogP contribution >= 0.6 is 0 Å². The molecule has 1 aromatic heterocycles. The van der Waals surface area contributed by atoms with Gasteiger partial charge in [-0.15, -0.1) is 0 Å². The third kappa shape index (κ3) is 4.40. The van der Waals surface area contributed by atoms with Crippen LogP contribution in [0.5, 0.6) is 0 Å². The molecule has 1 N–H and O–H groups in total. The van der Waals surface area contributed by atoms with Crippen molar-refractivity contribution in [2.45, 2.75) is 13.3 Å². The Morgan fingerprint density at radius 3 is 2.28 bits per heavy atom. The predicted octanol–water partition coefficient (Wildman–Crippen LogP) is 4.22. The standard InChI is InChI=1S/C24H26N4O/c1-2-19-8-6-7-11-22(19)26-24(29)20-12-13-23(25-18-20)28-16-14-27(15-17-28)21-9-4-3-5-10-21/h3-13,18H,2,14-17H2,1H3,(H,26,29). The molecule has 5 nitrogen and oxygen atoms in total. The number of carbonyl (C=O) groups excluding carboxylic acids is 1. The van der Waals surface area contributed by atoms with Crippen LogP contribution in [0.15, 0.2) is 72.9 Å². The zero-order valence-corrected chi connectivity index (χ0v) is 16.7. The summed E-state index contributed by atoms with van der Waals surface area (Å²) in [5.74, 6) is 0.794. The van der Waals surface area contributed by atoms with Crippen LogP contribution in [-0.2, 0) is 6.42 Å². The molecule has 5 heteroatoms. The molecular weight excluding hydrogens is 360 g/mol. The number of nitrogens with one attached hydrogen (secondary N) is 1. The molecule has 148 valence electrons. The van der Waals surface area contributed by atoms with Crippen molar-refractivity contribution in [3.63, 3.8) is 0 Å². The number of aryl methyl sites for hydroxylation is 1. The molecule has 0 aliphatic carbocycles. The van der Waals surface area contributed by atoms with Crippen molar-refractivity contribution in [2.75, 3.05) is 41.3 Å². The Bertz CT molecular complexity index is 948. The molecule has 2 aromatic carbocycles. The topological polar surface area (TPSA) is 48.5 Å². The lowest BCUT2D eigenvalue weighted by molar-refractivity contribution is 0.102. The van der Waals surface area contributed by atoms with Crippen molar-refractivity contribution in [1.29, 1.82) is 0 Å². The van der Waals surface area contributed by atoms with Gasteiger partial charge >= 0.3 is 0 Å². The van der Waals surface area contributed by atoms with Crippen LogP contribution in [-0.4, -0.2) is 37.1 Å². The average Bonchev–Trinajstić information content (AvgIpc) is 2.80. The van der Waals surface area contributed by atoms with Gasteiger partial charge in [-0.2, -0.15) is 0 Å². The number of pyridine rings is 1. The van der Waals surface area contributed by atoms with E-state index >= 15 is 0 Å². The van der Waals surface area contributed by atoms with E-state index in [0.717, 1.165) is 49.7 Å². The molecule has 0 unspecified atom stereocenters. The van der Waals surface area contributed by atoms with Crippen LogP contribution in [0.4, 0.5) is 17.2 Å². The van der Waals surface area contributed by atoms with Crippen LogP contribution < -0.4 is 15.1 Å². The van der Waals surface area contributed by atoms with E-state index in [-0.39, 0.29) is 5.91 Å². The Kier molecular flexibility index (Phi) is 5.75. The third-order valence-electron chi connectivity index (χ3n) is 5.38. The molecule has 0 radical (unpaired) electrons. The highest BCUT2D eigenvalue weighted by atomic mass is 16.1. The van der Waals surface area contributed by atoms with Crippen molar-refractivity contribution in [1.82, 2.24) is 4.98 Å². The van der Waals surface area contributed by atoms with E-state index in [1.807, 2.05) is 42.5 Å². The molecule has 2 heterocycles. The van der Waals surface area contributed by atoms with Crippen molar-refractivity contribution >= 4 is 23.1 Å². The maximum atomic E-state index is 12.6. The first-order chi connectivity index (χ1) is 14.2. The molecule has 4 rings (SSSR count). The first kappa shape index (κ1) is 19.0. The van der Waals surface area contributed by atoms with E-state index in [4.69, 9.17) is 0 Å². The summed E-state index contributed by atoms with van der Waals surface area (Å²) in [4.78, 5) is 21.8. The Labute approximate surface area is 172 Å². The van der Waals surface area contributed by atoms with Crippen molar-refractivity contribution in [3.8, 4) is 0 Å². The zero-order chi connectivity index (χ0) is 20.1. The number of benzene rings is 2. The predicted molar refractivity (Wildman–Crippen MR) is 119 cm³/mol. The molecule has 1 saturated heterocycles. The fourth-order valence-corrected chi connectivity index (χ4v) is 3.69. The van der Waals surface area contributed by atoms with E-state index in [1.54, 1.807) is 6.20 Å². The van der Waals surface area contributed by atoms with E-state index in [9.17, 15) is 4.79 Å². The maximum Gasteiger partial charge on any atom is 0.257 e. The Morgan fingerprint density at radius 1 is 0.897 bits per heavy atom. The molecular formula is C24H26N4O. The van der Waals surface area contributed by atoms with Crippen LogP contribution in [0.25, 0.3) is 0 Å². The van der Waals surface area contributed by atoms with Gasteiger partial charge in [-0.05, 0) is 42.3 Å². The second kappa shape index (κ2) is 8.78. The molecule has 1 fully saturated rings. The number of piperazine rings is 1. The molecule has 29 heavy (non-hydrogen) atoms. The molecule has 1 aliphatic heterocycles. The zero-order valence-electron chi connectivity index (χ0n) is 16.7. The molecule has 0 bridgehead atoms. The number of nitrogens with zero attached hydrogens (tertiary/aromatic N) is 3. The largest absolute Gasteiger partial charge is 0.368 e. The van der Waals surface area contributed by atoms with Gasteiger partial charge in [-0.3, -0.25) is 4.79 Å². The van der Waals surface area contributed by atoms with Gasteiger partial charge in [0.05, 0.1) is 5.56 Å². The van der Waals surface area contributed by atoms with Gasteiger partial charge in [-0.1, -0.05) is 43.3 Å². The number of amides is 1. The lowest BCUT2D eigenvalue weighted by Crippen LogP contribution is -2.46. The maximum absolute atomic E-state index is 12.6. The van der Waals surface area contributed by atoms with E-state index < -0.39 is 0 Å². The quantitative estimate of drug-likeness (QED) is 0.713. The molecule has 0 spiro atoms. The smallest absolute Gasteiger partial charge is 0.257 e. The van der Waals surface area contributed by atoms with Gasteiger partial charge in [0, 0.05) is 43.8 Å². The summed E-state index contributed by atoms with van der Waals surface area (Å²) in [6.45, 7) is 5.83. The van der Waals surface area contributed by atoms with Gasteiger partial charge in [0.1, 0.15) is 5.82 Å². The molecule has 1 aliphatic rings. The highest BCUT2D eigenvalue weighted by Gasteiger charge is 2.18. The summed E-state index contributed by atoms with van der Waals surface area (Å²) in [7, 11) is 0. The number of hydrogen-bond acceptors (Lipinski definition) is 4. The second-order valence-electron chi connectivity index (χ2n) is 7.18. The van der Waals surface area contributed by atoms with Crippen LogP contribution in [0.3, 0.4) is 0 Å². The minimum absolute atomic E-state index is 0.126. The van der Waals surface area contributed by atoms with Gasteiger partial charge < -0.3 is 15.1 Å². The fourth-order valence-electron chi connectivity index (χ4n) is 3.69. The summed E-state index contributed by atoms with van der Waals surface area (Å²) in [5.41, 5.74) is 3.82. The fraction of sp³-hybridized carbons (Fsp3) is 0.250. The first-order valence-electron chi connectivity index (χ1n) is 10.1. The highest BCUT2D eigenvalue weighted by molar-refractivity contribution is 6.04. The summed E-state index contributed by atoms with van der Waals surface area (Å²) in [6.07, 6.45) is 2.55. The molecule has 0 saturated carbocycles. The van der Waals surface area contributed by atoms with Gasteiger partial charge in [0.2, 0.25) is 0 Å². The third-order valence-corrected chi connectivity index (χ3v) is 5.38. The number of aromatic nitrogens is 1. The van der Waals surface area contributed by atoms with Gasteiger partial charge in [0.15, 0.2) is 0 Å². The lowest BCUT2D eigenvalue weighted by Gasteiger charge is -2.36. The van der Waals surface area contributed by atoms with Crippen LogP contribution in [0.2, 0.25) is 0 Å². The molecule has 1 amide bonds. The SMILES string of the molecule is CCc1ccccc1NC(=O)c1ccc(N2CCN(c3ccccc3)CC2)nc1. The number of carbonyl (C=O) groups is 1. The summed E-state index contributed by atoms with van der Waals surface area (Å²) < 4.78 is 0. The van der Waals surface area contributed by atoms with E-state index in [1.165, 1.54) is 5.69 Å². The van der Waals surface area contributed by atoms with Crippen LogP contribution in [0.1, 0.15) is 22.8 Å². The summed E-state index contributed by atoms with van der Waals surface area (Å²) in [5, 5.41) is 3.00. The Balaban J connectivity index is 1.37. The minimum atomic E-state index is -0.126.